The van der Waals surface area contributed by atoms with Crippen LogP contribution in [0.15, 0.2) is 6.20 Å². The number of hydrogen-bond acceptors (Lipinski definition) is 4. The minimum Gasteiger partial charge on any atom is -0.389 e. The number of rotatable bonds is 3. The topological polar surface area (TPSA) is 55.2 Å². The van der Waals surface area contributed by atoms with E-state index in [0.29, 0.717) is 0 Å². The second-order valence-corrected chi connectivity index (χ2v) is 5.79. The summed E-state index contributed by atoms with van der Waals surface area (Å²) in [5.41, 5.74) is 1.29. The Balaban J connectivity index is 2.31. The van der Waals surface area contributed by atoms with Gasteiger partial charge in [-0.05, 0) is 45.4 Å². The third kappa shape index (κ3) is 2.79. The van der Waals surface area contributed by atoms with E-state index >= 15 is 0 Å². The molecule has 106 valence electrons. The summed E-state index contributed by atoms with van der Waals surface area (Å²) >= 11 is 0. The van der Waals surface area contributed by atoms with Gasteiger partial charge in [0.2, 0.25) is 0 Å². The minimum atomic E-state index is -0.529. The lowest BCUT2D eigenvalue weighted by atomic mass is 9.79. The Morgan fingerprint density at radius 1 is 1.42 bits per heavy atom. The van der Waals surface area contributed by atoms with E-state index in [-0.39, 0.29) is 5.60 Å². The van der Waals surface area contributed by atoms with Gasteiger partial charge in [-0.1, -0.05) is 6.92 Å². The summed E-state index contributed by atoms with van der Waals surface area (Å²) in [7, 11) is 1.75. The highest BCUT2D eigenvalue weighted by atomic mass is 16.5. The van der Waals surface area contributed by atoms with Gasteiger partial charge in [-0.2, -0.15) is 0 Å². The molecule has 1 heterocycles. The molecule has 1 saturated carbocycles. The summed E-state index contributed by atoms with van der Waals surface area (Å²) < 4.78 is 5.78. The Hall–Kier alpha value is -1.00. The summed E-state index contributed by atoms with van der Waals surface area (Å²) in [6.07, 6.45) is 5.44. The molecule has 1 aliphatic rings. The highest BCUT2D eigenvalue weighted by Gasteiger charge is 2.38. The quantitative estimate of drug-likeness (QED) is 0.912. The second kappa shape index (κ2) is 5.55. The molecular formula is C15H24N2O2. The van der Waals surface area contributed by atoms with Gasteiger partial charge in [-0.3, -0.25) is 0 Å². The fraction of sp³-hybridized carbons (Fsp3) is 0.733. The molecule has 1 N–H and O–H groups in total. The van der Waals surface area contributed by atoms with Crippen molar-refractivity contribution in [3.8, 4) is 0 Å². The van der Waals surface area contributed by atoms with Crippen molar-refractivity contribution in [2.45, 2.75) is 58.2 Å². The van der Waals surface area contributed by atoms with E-state index in [9.17, 15) is 5.11 Å². The van der Waals surface area contributed by atoms with Crippen molar-refractivity contribution in [3.63, 3.8) is 0 Å². The van der Waals surface area contributed by atoms with E-state index in [1.54, 1.807) is 20.2 Å². The molecule has 0 amide bonds. The Morgan fingerprint density at radius 2 is 2.05 bits per heavy atom. The van der Waals surface area contributed by atoms with Gasteiger partial charge in [0.15, 0.2) is 5.82 Å². The van der Waals surface area contributed by atoms with Crippen LogP contribution >= 0.6 is 0 Å². The number of methoxy groups -OCH3 is 1. The number of ether oxygens (including phenoxy) is 1. The van der Waals surface area contributed by atoms with Crippen LogP contribution < -0.4 is 0 Å². The van der Waals surface area contributed by atoms with E-state index in [1.807, 2.05) is 6.92 Å². The van der Waals surface area contributed by atoms with E-state index in [1.165, 1.54) is 0 Å². The first-order chi connectivity index (χ1) is 8.98. The molecule has 2 rings (SSSR count). The van der Waals surface area contributed by atoms with Crippen LogP contribution in [0.2, 0.25) is 0 Å². The molecule has 0 spiro atoms. The SMILES string of the molecule is COC1(c2ncc([C@@H](C)O)c(C)n2)CCC(C)CC1. The maximum absolute atomic E-state index is 9.65. The summed E-state index contributed by atoms with van der Waals surface area (Å²) in [6, 6.07) is 0. The maximum Gasteiger partial charge on any atom is 0.160 e. The van der Waals surface area contributed by atoms with Gasteiger partial charge in [0.1, 0.15) is 5.60 Å². The average molecular weight is 264 g/mol. The van der Waals surface area contributed by atoms with Gasteiger partial charge in [0.25, 0.3) is 0 Å². The highest BCUT2D eigenvalue weighted by molar-refractivity contribution is 5.20. The molecule has 1 aliphatic carbocycles. The predicted octanol–water partition coefficient (Wildman–Crippen LogP) is 2.89. The molecule has 1 fully saturated rings. The summed E-state index contributed by atoms with van der Waals surface area (Å²) in [5.74, 6) is 1.52. The van der Waals surface area contributed by atoms with Crippen LogP contribution in [0.4, 0.5) is 0 Å². The molecule has 1 aromatic heterocycles. The fourth-order valence-electron chi connectivity index (χ4n) is 2.85. The Bertz CT molecular complexity index is 438. The van der Waals surface area contributed by atoms with Crippen molar-refractivity contribution in [3.05, 3.63) is 23.3 Å². The summed E-state index contributed by atoms with van der Waals surface area (Å²) in [4.78, 5) is 9.05. The average Bonchev–Trinajstić information content (AvgIpc) is 2.39. The highest BCUT2D eigenvalue weighted by Crippen LogP contribution is 2.40. The zero-order valence-corrected chi connectivity index (χ0v) is 12.3. The number of hydrogen-bond donors (Lipinski definition) is 1. The van der Waals surface area contributed by atoms with Crippen LogP contribution in [0.25, 0.3) is 0 Å². The number of aliphatic hydroxyl groups excluding tert-OH is 1. The fourth-order valence-corrected chi connectivity index (χ4v) is 2.85. The van der Waals surface area contributed by atoms with Crippen LogP contribution in [0.3, 0.4) is 0 Å². The summed E-state index contributed by atoms with van der Waals surface area (Å²) in [5, 5.41) is 9.65. The molecular weight excluding hydrogens is 240 g/mol. The Morgan fingerprint density at radius 3 is 2.53 bits per heavy atom. The van der Waals surface area contributed by atoms with Crippen molar-refractivity contribution in [2.24, 2.45) is 5.92 Å². The van der Waals surface area contributed by atoms with Crippen LogP contribution in [-0.2, 0) is 10.3 Å². The van der Waals surface area contributed by atoms with E-state index in [2.05, 4.69) is 16.9 Å². The molecule has 1 atom stereocenters. The van der Waals surface area contributed by atoms with Gasteiger partial charge in [-0.25, -0.2) is 9.97 Å². The van der Waals surface area contributed by atoms with Gasteiger partial charge >= 0.3 is 0 Å². The van der Waals surface area contributed by atoms with E-state index in [0.717, 1.165) is 48.7 Å². The minimum absolute atomic E-state index is 0.339. The number of aromatic nitrogens is 2. The smallest absolute Gasteiger partial charge is 0.160 e. The van der Waals surface area contributed by atoms with E-state index < -0.39 is 6.10 Å². The lowest BCUT2D eigenvalue weighted by molar-refractivity contribution is -0.0599. The lowest BCUT2D eigenvalue weighted by Crippen LogP contribution is -2.35. The first-order valence-electron chi connectivity index (χ1n) is 7.06. The Kier molecular flexibility index (Phi) is 4.21. The van der Waals surface area contributed by atoms with Crippen molar-refractivity contribution in [2.75, 3.05) is 7.11 Å². The van der Waals surface area contributed by atoms with Crippen LogP contribution in [0.1, 0.15) is 62.7 Å². The Labute approximate surface area is 115 Å². The van der Waals surface area contributed by atoms with Gasteiger partial charge in [0.05, 0.1) is 6.10 Å². The molecule has 0 aliphatic heterocycles. The zero-order chi connectivity index (χ0) is 14.0. The number of nitrogens with zero attached hydrogens (tertiary/aromatic N) is 2. The van der Waals surface area contributed by atoms with Gasteiger partial charge < -0.3 is 9.84 Å². The third-order valence-corrected chi connectivity index (χ3v) is 4.35. The molecule has 0 radical (unpaired) electrons. The molecule has 0 bridgehead atoms. The maximum atomic E-state index is 9.65. The normalized spacial score (nSPS) is 29.2. The molecule has 4 heteroatoms. The first-order valence-corrected chi connectivity index (χ1v) is 7.06. The predicted molar refractivity (Wildman–Crippen MR) is 73.7 cm³/mol. The van der Waals surface area contributed by atoms with Crippen molar-refractivity contribution in [1.29, 1.82) is 0 Å². The first kappa shape index (κ1) is 14.4. The van der Waals surface area contributed by atoms with Crippen LogP contribution in [-0.4, -0.2) is 22.2 Å². The number of aryl methyl sites for hydroxylation is 1. The molecule has 19 heavy (non-hydrogen) atoms. The van der Waals surface area contributed by atoms with Crippen molar-refractivity contribution < 1.29 is 9.84 Å². The molecule has 1 aromatic rings. The zero-order valence-electron chi connectivity index (χ0n) is 12.3. The standard InChI is InChI=1S/C15H24N2O2/c1-10-5-7-15(19-4,8-6-10)14-16-9-13(12(3)18)11(2)17-14/h9-10,12,18H,5-8H2,1-4H3/t10?,12-,15?/m1/s1. The van der Waals surface area contributed by atoms with Crippen molar-refractivity contribution >= 4 is 0 Å². The molecule has 0 aromatic carbocycles. The van der Waals surface area contributed by atoms with Crippen LogP contribution in [0, 0.1) is 12.8 Å². The number of aliphatic hydroxyl groups is 1. The molecule has 0 unspecified atom stereocenters. The van der Waals surface area contributed by atoms with Crippen molar-refractivity contribution in [1.82, 2.24) is 9.97 Å². The molecule has 4 nitrogen and oxygen atoms in total. The third-order valence-electron chi connectivity index (χ3n) is 4.35. The lowest BCUT2D eigenvalue weighted by Gasteiger charge is -2.37. The van der Waals surface area contributed by atoms with Gasteiger partial charge in [0, 0.05) is 24.6 Å². The summed E-state index contributed by atoms with van der Waals surface area (Å²) in [6.45, 7) is 5.93. The van der Waals surface area contributed by atoms with E-state index in [4.69, 9.17) is 4.74 Å². The largest absolute Gasteiger partial charge is 0.389 e. The monoisotopic (exact) mass is 264 g/mol. The van der Waals surface area contributed by atoms with Gasteiger partial charge in [-0.15, -0.1) is 0 Å². The second-order valence-electron chi connectivity index (χ2n) is 5.79. The molecule has 0 saturated heterocycles. The van der Waals surface area contributed by atoms with Crippen LogP contribution in [0.5, 0.6) is 0 Å².